The lowest BCUT2D eigenvalue weighted by Crippen LogP contribution is -2.18. The SMILES string of the molecule is CCCN(C)Cc1cccc(F)c1Br. The lowest BCUT2D eigenvalue weighted by atomic mass is 10.2. The molecule has 0 unspecified atom stereocenters. The van der Waals surface area contributed by atoms with Gasteiger partial charge >= 0.3 is 0 Å². The molecule has 0 bridgehead atoms. The first kappa shape index (κ1) is 11.7. The number of halogens is 2. The van der Waals surface area contributed by atoms with Crippen LogP contribution >= 0.6 is 15.9 Å². The maximum absolute atomic E-state index is 13.2. The van der Waals surface area contributed by atoms with E-state index < -0.39 is 0 Å². The number of rotatable bonds is 4. The van der Waals surface area contributed by atoms with Gasteiger partial charge in [-0.2, -0.15) is 0 Å². The first-order valence-corrected chi connectivity index (χ1v) is 5.56. The maximum atomic E-state index is 13.2. The highest BCUT2D eigenvalue weighted by atomic mass is 79.9. The molecule has 0 aromatic heterocycles. The maximum Gasteiger partial charge on any atom is 0.137 e. The summed E-state index contributed by atoms with van der Waals surface area (Å²) in [7, 11) is 2.04. The van der Waals surface area contributed by atoms with Crippen LogP contribution in [0.15, 0.2) is 22.7 Å². The predicted molar refractivity (Wildman–Crippen MR) is 60.7 cm³/mol. The van der Waals surface area contributed by atoms with E-state index in [2.05, 4.69) is 27.8 Å². The Hall–Kier alpha value is -0.410. The van der Waals surface area contributed by atoms with Gasteiger partial charge in [-0.05, 0) is 47.6 Å². The lowest BCUT2D eigenvalue weighted by Gasteiger charge is -2.16. The monoisotopic (exact) mass is 259 g/mol. The van der Waals surface area contributed by atoms with Crippen LogP contribution in [0.1, 0.15) is 18.9 Å². The Morgan fingerprint density at radius 2 is 2.14 bits per heavy atom. The third-order valence-corrected chi connectivity index (χ3v) is 2.97. The fraction of sp³-hybridized carbons (Fsp3) is 0.455. The van der Waals surface area contributed by atoms with Crippen molar-refractivity contribution in [2.45, 2.75) is 19.9 Å². The largest absolute Gasteiger partial charge is 0.302 e. The second kappa shape index (κ2) is 5.47. The van der Waals surface area contributed by atoms with Crippen molar-refractivity contribution in [2.75, 3.05) is 13.6 Å². The Labute approximate surface area is 93.0 Å². The number of benzene rings is 1. The Balaban J connectivity index is 2.71. The van der Waals surface area contributed by atoms with Crippen molar-refractivity contribution < 1.29 is 4.39 Å². The summed E-state index contributed by atoms with van der Waals surface area (Å²) in [5.41, 5.74) is 1.00. The van der Waals surface area contributed by atoms with Crippen molar-refractivity contribution >= 4 is 15.9 Å². The molecule has 0 N–H and O–H groups in total. The quantitative estimate of drug-likeness (QED) is 0.801. The van der Waals surface area contributed by atoms with Crippen molar-refractivity contribution in [2.24, 2.45) is 0 Å². The van der Waals surface area contributed by atoms with Crippen molar-refractivity contribution in [1.82, 2.24) is 4.90 Å². The molecule has 0 aliphatic rings. The molecule has 0 aliphatic carbocycles. The molecule has 14 heavy (non-hydrogen) atoms. The molecule has 78 valence electrons. The van der Waals surface area contributed by atoms with Crippen LogP contribution in [-0.2, 0) is 6.54 Å². The van der Waals surface area contributed by atoms with Crippen molar-refractivity contribution in [3.8, 4) is 0 Å². The molecule has 0 fully saturated rings. The van der Waals surface area contributed by atoms with E-state index in [1.807, 2.05) is 13.1 Å². The number of hydrogen-bond donors (Lipinski definition) is 0. The predicted octanol–water partition coefficient (Wildman–Crippen LogP) is 3.43. The van der Waals surface area contributed by atoms with Crippen LogP contribution in [0.2, 0.25) is 0 Å². The Morgan fingerprint density at radius 3 is 2.79 bits per heavy atom. The molecule has 0 spiro atoms. The molecular formula is C11H15BrFN. The Kier molecular flexibility index (Phi) is 4.55. The van der Waals surface area contributed by atoms with Gasteiger partial charge in [-0.3, -0.25) is 0 Å². The molecule has 0 saturated heterocycles. The van der Waals surface area contributed by atoms with E-state index in [-0.39, 0.29) is 5.82 Å². The van der Waals surface area contributed by atoms with Gasteiger partial charge < -0.3 is 4.90 Å². The minimum absolute atomic E-state index is 0.188. The normalized spacial score (nSPS) is 10.9. The van der Waals surface area contributed by atoms with E-state index in [9.17, 15) is 4.39 Å². The summed E-state index contributed by atoms with van der Waals surface area (Å²) in [6.07, 6.45) is 1.11. The standard InChI is InChI=1S/C11H15BrFN/c1-3-7-14(2)8-9-5-4-6-10(13)11(9)12/h4-6H,3,7-8H2,1-2H3. The molecule has 1 aromatic carbocycles. The summed E-state index contributed by atoms with van der Waals surface area (Å²) in [6.45, 7) is 3.95. The van der Waals surface area contributed by atoms with Gasteiger partial charge in [-0.15, -0.1) is 0 Å². The molecule has 3 heteroatoms. The third-order valence-electron chi connectivity index (χ3n) is 2.08. The second-order valence-electron chi connectivity index (χ2n) is 3.45. The van der Waals surface area contributed by atoms with Gasteiger partial charge in [0, 0.05) is 6.54 Å². The van der Waals surface area contributed by atoms with Gasteiger partial charge in [0.2, 0.25) is 0 Å². The summed E-state index contributed by atoms with van der Waals surface area (Å²) in [6, 6.07) is 5.15. The fourth-order valence-corrected chi connectivity index (χ4v) is 1.81. The third kappa shape index (κ3) is 3.07. The smallest absolute Gasteiger partial charge is 0.137 e. The lowest BCUT2D eigenvalue weighted by molar-refractivity contribution is 0.326. The minimum atomic E-state index is -0.188. The Morgan fingerprint density at radius 1 is 1.43 bits per heavy atom. The van der Waals surface area contributed by atoms with Gasteiger partial charge in [0.25, 0.3) is 0 Å². The zero-order valence-corrected chi connectivity index (χ0v) is 10.1. The highest BCUT2D eigenvalue weighted by molar-refractivity contribution is 9.10. The first-order valence-electron chi connectivity index (χ1n) is 4.76. The molecule has 0 atom stereocenters. The van der Waals surface area contributed by atoms with Crippen LogP contribution in [-0.4, -0.2) is 18.5 Å². The summed E-state index contributed by atoms with van der Waals surface area (Å²) in [5.74, 6) is -0.188. The highest BCUT2D eigenvalue weighted by Crippen LogP contribution is 2.21. The molecule has 0 heterocycles. The van der Waals surface area contributed by atoms with E-state index in [4.69, 9.17) is 0 Å². The van der Waals surface area contributed by atoms with Gasteiger partial charge in [0.1, 0.15) is 5.82 Å². The molecule has 0 radical (unpaired) electrons. The van der Waals surface area contributed by atoms with E-state index in [0.29, 0.717) is 4.47 Å². The molecular weight excluding hydrogens is 245 g/mol. The zero-order valence-electron chi connectivity index (χ0n) is 8.56. The van der Waals surface area contributed by atoms with Crippen LogP contribution in [0.25, 0.3) is 0 Å². The first-order chi connectivity index (χ1) is 6.65. The van der Waals surface area contributed by atoms with Crippen LogP contribution in [0.4, 0.5) is 4.39 Å². The highest BCUT2D eigenvalue weighted by Gasteiger charge is 2.06. The average Bonchev–Trinajstić information content (AvgIpc) is 2.13. The van der Waals surface area contributed by atoms with E-state index in [0.717, 1.165) is 25.1 Å². The van der Waals surface area contributed by atoms with Crippen molar-refractivity contribution in [3.05, 3.63) is 34.1 Å². The average molecular weight is 260 g/mol. The summed E-state index contributed by atoms with van der Waals surface area (Å²) in [5, 5.41) is 0. The van der Waals surface area contributed by atoms with Crippen LogP contribution in [0.5, 0.6) is 0 Å². The van der Waals surface area contributed by atoms with E-state index in [1.165, 1.54) is 6.07 Å². The van der Waals surface area contributed by atoms with Gasteiger partial charge in [0.15, 0.2) is 0 Å². The number of hydrogen-bond acceptors (Lipinski definition) is 1. The summed E-state index contributed by atoms with van der Waals surface area (Å²) in [4.78, 5) is 2.18. The van der Waals surface area contributed by atoms with E-state index >= 15 is 0 Å². The molecule has 0 saturated carbocycles. The zero-order chi connectivity index (χ0) is 10.6. The summed E-state index contributed by atoms with van der Waals surface area (Å²) < 4.78 is 13.7. The van der Waals surface area contributed by atoms with Crippen LogP contribution < -0.4 is 0 Å². The molecule has 0 amide bonds. The topological polar surface area (TPSA) is 3.24 Å². The summed E-state index contributed by atoms with van der Waals surface area (Å²) >= 11 is 3.26. The van der Waals surface area contributed by atoms with Crippen molar-refractivity contribution in [1.29, 1.82) is 0 Å². The molecule has 1 aromatic rings. The van der Waals surface area contributed by atoms with Crippen LogP contribution in [0, 0.1) is 5.82 Å². The second-order valence-corrected chi connectivity index (χ2v) is 4.24. The molecule has 0 aliphatic heterocycles. The number of nitrogens with zero attached hydrogens (tertiary/aromatic N) is 1. The Bertz CT molecular complexity index is 301. The van der Waals surface area contributed by atoms with Gasteiger partial charge in [0.05, 0.1) is 4.47 Å². The van der Waals surface area contributed by atoms with E-state index in [1.54, 1.807) is 6.07 Å². The van der Waals surface area contributed by atoms with Crippen LogP contribution in [0.3, 0.4) is 0 Å². The molecule has 1 rings (SSSR count). The van der Waals surface area contributed by atoms with Crippen molar-refractivity contribution in [3.63, 3.8) is 0 Å². The minimum Gasteiger partial charge on any atom is -0.302 e. The molecule has 1 nitrogen and oxygen atoms in total. The fourth-order valence-electron chi connectivity index (χ4n) is 1.42. The van der Waals surface area contributed by atoms with Gasteiger partial charge in [-0.25, -0.2) is 4.39 Å². The van der Waals surface area contributed by atoms with Gasteiger partial charge in [-0.1, -0.05) is 19.1 Å².